The number of benzene rings is 1. The number of rotatable bonds is 5. The highest BCUT2D eigenvalue weighted by atomic mass is 16.6. The molecule has 5 nitrogen and oxygen atoms in total. The van der Waals surface area contributed by atoms with Gasteiger partial charge in [0.25, 0.3) is 0 Å². The lowest BCUT2D eigenvalue weighted by Crippen LogP contribution is -2.46. The fraction of sp³-hybridized carbons (Fsp3) is 0.417. The third-order valence-electron chi connectivity index (χ3n) is 2.43. The topological polar surface area (TPSA) is 78.8 Å². The van der Waals surface area contributed by atoms with Gasteiger partial charge in [-0.2, -0.15) is 0 Å². The van der Waals surface area contributed by atoms with E-state index < -0.39 is 11.6 Å². The molecule has 1 amide bonds. The zero-order valence-corrected chi connectivity index (χ0v) is 9.72. The smallest absolute Gasteiger partial charge is 0.407 e. The van der Waals surface area contributed by atoms with Crippen molar-refractivity contribution in [2.24, 2.45) is 0 Å². The monoisotopic (exact) mass is 239 g/mol. The van der Waals surface area contributed by atoms with Crippen LogP contribution < -0.4 is 5.32 Å². The number of ether oxygens (including phenoxy) is 1. The van der Waals surface area contributed by atoms with E-state index >= 15 is 0 Å². The average molecular weight is 239 g/mol. The summed E-state index contributed by atoms with van der Waals surface area (Å²) < 4.78 is 4.70. The number of nitrogens with one attached hydrogen (secondary N) is 1. The van der Waals surface area contributed by atoms with Crippen LogP contribution in [0.4, 0.5) is 4.79 Å². The van der Waals surface area contributed by atoms with Crippen LogP contribution in [0.15, 0.2) is 30.3 Å². The number of aliphatic hydroxyl groups excluding tert-OH is 2. The van der Waals surface area contributed by atoms with Crippen molar-refractivity contribution in [2.45, 2.75) is 12.5 Å². The number of carbonyl (C=O) groups excluding carboxylic acids is 1. The molecule has 0 radical (unpaired) electrons. The van der Waals surface area contributed by atoms with Crippen molar-refractivity contribution < 1.29 is 19.7 Å². The Morgan fingerprint density at radius 2 is 2.00 bits per heavy atom. The van der Waals surface area contributed by atoms with Gasteiger partial charge in [0.2, 0.25) is 0 Å². The van der Waals surface area contributed by atoms with E-state index in [-0.39, 0.29) is 19.8 Å². The summed E-state index contributed by atoms with van der Waals surface area (Å²) in [4.78, 5) is 11.4. The van der Waals surface area contributed by atoms with Gasteiger partial charge in [0.15, 0.2) is 0 Å². The van der Waals surface area contributed by atoms with Crippen molar-refractivity contribution in [3.8, 4) is 0 Å². The molecular weight excluding hydrogens is 222 g/mol. The maximum absolute atomic E-state index is 11.4. The molecule has 1 aromatic rings. The van der Waals surface area contributed by atoms with E-state index in [0.717, 1.165) is 5.56 Å². The zero-order valence-electron chi connectivity index (χ0n) is 9.72. The molecule has 0 fully saturated rings. The van der Waals surface area contributed by atoms with Crippen LogP contribution in [0.25, 0.3) is 0 Å². The first-order chi connectivity index (χ1) is 8.12. The third-order valence-corrected chi connectivity index (χ3v) is 2.43. The molecular formula is C12H17NO4. The van der Waals surface area contributed by atoms with Crippen LogP contribution in [0.2, 0.25) is 0 Å². The summed E-state index contributed by atoms with van der Waals surface area (Å²) in [6, 6.07) is 9.12. The van der Waals surface area contributed by atoms with E-state index in [1.165, 1.54) is 0 Å². The van der Waals surface area contributed by atoms with Crippen LogP contribution >= 0.6 is 0 Å². The summed E-state index contributed by atoms with van der Waals surface area (Å²) in [6.45, 7) is 1.16. The molecule has 0 aliphatic carbocycles. The second kappa shape index (κ2) is 6.22. The van der Waals surface area contributed by atoms with Gasteiger partial charge in [-0.3, -0.25) is 0 Å². The van der Waals surface area contributed by atoms with Gasteiger partial charge in [-0.1, -0.05) is 30.3 Å². The number of aliphatic hydroxyl groups is 2. The van der Waals surface area contributed by atoms with E-state index in [0.29, 0.717) is 0 Å². The molecule has 17 heavy (non-hydrogen) atoms. The van der Waals surface area contributed by atoms with Crippen molar-refractivity contribution in [3.63, 3.8) is 0 Å². The first-order valence-electron chi connectivity index (χ1n) is 5.34. The minimum Gasteiger partial charge on any atom is -0.447 e. The normalized spacial score (nSPS) is 13.8. The van der Waals surface area contributed by atoms with E-state index in [2.05, 4.69) is 5.32 Å². The molecule has 0 aromatic heterocycles. The molecule has 1 aromatic carbocycles. The first-order valence-corrected chi connectivity index (χ1v) is 5.34. The molecule has 94 valence electrons. The van der Waals surface area contributed by atoms with Crippen molar-refractivity contribution in [3.05, 3.63) is 35.9 Å². The van der Waals surface area contributed by atoms with Gasteiger partial charge in [0.1, 0.15) is 6.61 Å². The molecule has 1 atom stereocenters. The molecule has 1 unspecified atom stereocenters. The Bertz CT molecular complexity index is 355. The van der Waals surface area contributed by atoms with Crippen LogP contribution in [-0.2, 0) is 10.3 Å². The summed E-state index contributed by atoms with van der Waals surface area (Å²) in [7, 11) is 0. The number of hydrogen-bond donors (Lipinski definition) is 3. The lowest BCUT2D eigenvalue weighted by Gasteiger charge is -2.28. The molecule has 0 saturated carbocycles. The molecule has 0 bridgehead atoms. The standard InChI is InChI=1S/C12H17NO4/c1-12(9-15,10-5-3-2-4-6-10)13-11(16)17-8-7-14/h2-6,14-15H,7-9H2,1H3,(H,13,16). The number of carbonyl (C=O) groups is 1. The SMILES string of the molecule is CC(CO)(NC(=O)OCCO)c1ccccc1. The highest BCUT2D eigenvalue weighted by molar-refractivity contribution is 5.68. The van der Waals surface area contributed by atoms with Crippen LogP contribution in [0.1, 0.15) is 12.5 Å². The number of amides is 1. The zero-order chi connectivity index (χ0) is 12.7. The van der Waals surface area contributed by atoms with E-state index in [1.54, 1.807) is 6.92 Å². The van der Waals surface area contributed by atoms with Crippen LogP contribution in [0.5, 0.6) is 0 Å². The summed E-state index contributed by atoms with van der Waals surface area (Å²) in [5.74, 6) is 0. The molecule has 0 aliphatic heterocycles. The minimum absolute atomic E-state index is 0.0673. The molecule has 5 heteroatoms. The van der Waals surface area contributed by atoms with Crippen LogP contribution in [0.3, 0.4) is 0 Å². The summed E-state index contributed by atoms with van der Waals surface area (Å²) >= 11 is 0. The van der Waals surface area contributed by atoms with Crippen LogP contribution in [0, 0.1) is 0 Å². The average Bonchev–Trinajstić information content (AvgIpc) is 2.37. The van der Waals surface area contributed by atoms with Gasteiger partial charge >= 0.3 is 6.09 Å². The molecule has 0 saturated heterocycles. The molecule has 3 N–H and O–H groups in total. The predicted molar refractivity (Wildman–Crippen MR) is 62.4 cm³/mol. The van der Waals surface area contributed by atoms with Gasteiger partial charge in [-0.25, -0.2) is 4.79 Å². The fourth-order valence-electron chi connectivity index (χ4n) is 1.41. The second-order valence-electron chi connectivity index (χ2n) is 3.84. The largest absolute Gasteiger partial charge is 0.447 e. The Morgan fingerprint density at radius 3 is 2.53 bits per heavy atom. The minimum atomic E-state index is -0.895. The van der Waals surface area contributed by atoms with E-state index in [9.17, 15) is 9.90 Å². The van der Waals surface area contributed by atoms with Gasteiger partial charge in [-0.15, -0.1) is 0 Å². The maximum atomic E-state index is 11.4. The third kappa shape index (κ3) is 3.72. The van der Waals surface area contributed by atoms with Crippen molar-refractivity contribution >= 4 is 6.09 Å². The van der Waals surface area contributed by atoms with Gasteiger partial charge < -0.3 is 20.3 Å². The van der Waals surface area contributed by atoms with Gasteiger partial charge in [0, 0.05) is 0 Å². The highest BCUT2D eigenvalue weighted by Crippen LogP contribution is 2.19. The van der Waals surface area contributed by atoms with Crippen molar-refractivity contribution in [2.75, 3.05) is 19.8 Å². The summed E-state index contributed by atoms with van der Waals surface area (Å²) in [6.07, 6.45) is -0.667. The predicted octanol–water partition coefficient (Wildman–Crippen LogP) is 0.613. The maximum Gasteiger partial charge on any atom is 0.407 e. The first kappa shape index (κ1) is 13.5. The van der Waals surface area contributed by atoms with E-state index in [4.69, 9.17) is 9.84 Å². The van der Waals surface area contributed by atoms with Gasteiger partial charge in [0.05, 0.1) is 18.8 Å². The number of hydrogen-bond acceptors (Lipinski definition) is 4. The summed E-state index contributed by atoms with van der Waals surface area (Å²) in [5.41, 5.74) is -0.114. The second-order valence-corrected chi connectivity index (χ2v) is 3.84. The fourth-order valence-corrected chi connectivity index (χ4v) is 1.41. The van der Waals surface area contributed by atoms with Gasteiger partial charge in [-0.05, 0) is 12.5 Å². The lowest BCUT2D eigenvalue weighted by molar-refractivity contribution is 0.0985. The van der Waals surface area contributed by atoms with Crippen molar-refractivity contribution in [1.82, 2.24) is 5.32 Å². The Hall–Kier alpha value is -1.59. The highest BCUT2D eigenvalue weighted by Gasteiger charge is 2.28. The Labute approximate surface area is 100 Å². The quantitative estimate of drug-likeness (QED) is 0.703. The Kier molecular flexibility index (Phi) is 4.93. The lowest BCUT2D eigenvalue weighted by atomic mass is 9.93. The molecule has 1 rings (SSSR count). The molecule has 0 heterocycles. The van der Waals surface area contributed by atoms with Crippen molar-refractivity contribution in [1.29, 1.82) is 0 Å². The Balaban J connectivity index is 2.72. The number of alkyl carbamates (subject to hydrolysis) is 1. The molecule has 0 aliphatic rings. The summed E-state index contributed by atoms with van der Waals surface area (Å²) in [5, 5.41) is 20.5. The van der Waals surface area contributed by atoms with E-state index in [1.807, 2.05) is 30.3 Å². The van der Waals surface area contributed by atoms with Crippen LogP contribution in [-0.4, -0.2) is 36.1 Å². The molecule has 0 spiro atoms. The Morgan fingerprint density at radius 1 is 1.35 bits per heavy atom.